The van der Waals surface area contributed by atoms with Crippen LogP contribution in [0.4, 0.5) is 10.1 Å². The van der Waals surface area contributed by atoms with Gasteiger partial charge in [0.1, 0.15) is 0 Å². The molecule has 0 radical (unpaired) electrons. The van der Waals surface area contributed by atoms with Crippen LogP contribution in [0, 0.1) is 19.3 Å². The number of aliphatic imine (C=N–C) groups is 1. The fourth-order valence-corrected chi connectivity index (χ4v) is 3.42. The molecular formula is C27H44FN3O2. The van der Waals surface area contributed by atoms with E-state index in [1.165, 1.54) is 0 Å². The highest BCUT2D eigenvalue weighted by atomic mass is 19.1. The summed E-state index contributed by atoms with van der Waals surface area (Å²) in [5, 5.41) is 3.03. The van der Waals surface area contributed by atoms with Crippen molar-refractivity contribution >= 4 is 17.8 Å². The first-order valence-electron chi connectivity index (χ1n) is 11.9. The van der Waals surface area contributed by atoms with Gasteiger partial charge in [-0.3, -0.25) is 19.1 Å². The number of amides is 1. The standard InChI is InChI=1S/C27H44FN3O2/c1-9-11-23(17-30-24-16-21(3)12-13-22(24)4)25(32)29-14-15-31(10-2)27(7,8)20-33-19-26(5,6)18-28/h11-13,16-17H,9-10,14-15,18-20H2,1-8H3,(H,29,32)/b23-11-,30-17?. The quantitative estimate of drug-likeness (QED) is 0.291. The predicted molar refractivity (Wildman–Crippen MR) is 137 cm³/mol. The van der Waals surface area contributed by atoms with Gasteiger partial charge in [0.25, 0.3) is 5.91 Å². The molecule has 1 N–H and O–H groups in total. The number of likely N-dealkylation sites (N-methyl/N-ethyl adjacent to an activating group) is 1. The van der Waals surface area contributed by atoms with Crippen LogP contribution < -0.4 is 5.32 Å². The molecular weight excluding hydrogens is 417 g/mol. The van der Waals surface area contributed by atoms with Crippen LogP contribution in [0.25, 0.3) is 0 Å². The van der Waals surface area contributed by atoms with Gasteiger partial charge in [-0.15, -0.1) is 0 Å². The number of allylic oxidation sites excluding steroid dienone is 1. The van der Waals surface area contributed by atoms with Gasteiger partial charge in [-0.2, -0.15) is 0 Å². The molecule has 5 nitrogen and oxygen atoms in total. The van der Waals surface area contributed by atoms with Crippen LogP contribution in [-0.4, -0.2) is 62.1 Å². The van der Waals surface area contributed by atoms with Crippen molar-refractivity contribution in [3.8, 4) is 0 Å². The van der Waals surface area contributed by atoms with E-state index in [4.69, 9.17) is 4.74 Å². The zero-order valence-electron chi connectivity index (χ0n) is 21.9. The number of nitrogens with zero attached hydrogens (tertiary/aromatic N) is 2. The van der Waals surface area contributed by atoms with Crippen molar-refractivity contribution in [2.75, 3.05) is 39.5 Å². The van der Waals surface area contributed by atoms with E-state index in [0.29, 0.717) is 31.9 Å². The van der Waals surface area contributed by atoms with E-state index in [1.807, 2.05) is 52.8 Å². The van der Waals surface area contributed by atoms with Gasteiger partial charge in [0.05, 0.1) is 31.1 Å². The molecule has 0 saturated heterocycles. The van der Waals surface area contributed by atoms with Crippen LogP contribution in [0.5, 0.6) is 0 Å². The van der Waals surface area contributed by atoms with Crippen molar-refractivity contribution in [2.24, 2.45) is 10.4 Å². The zero-order valence-corrected chi connectivity index (χ0v) is 21.9. The normalized spacial score (nSPS) is 13.2. The van der Waals surface area contributed by atoms with Gasteiger partial charge in [0, 0.05) is 30.3 Å². The highest BCUT2D eigenvalue weighted by molar-refractivity contribution is 6.12. The molecule has 0 aliphatic carbocycles. The average molecular weight is 462 g/mol. The molecule has 0 bridgehead atoms. The molecule has 0 fully saturated rings. The zero-order chi connectivity index (χ0) is 25.1. The van der Waals surface area contributed by atoms with E-state index in [-0.39, 0.29) is 11.4 Å². The van der Waals surface area contributed by atoms with Crippen LogP contribution in [0.15, 0.2) is 34.8 Å². The molecule has 0 aliphatic heterocycles. The minimum Gasteiger partial charge on any atom is -0.379 e. The molecule has 1 amide bonds. The van der Waals surface area contributed by atoms with Gasteiger partial charge in [0.15, 0.2) is 0 Å². The molecule has 0 aromatic heterocycles. The minimum absolute atomic E-state index is 0.124. The summed E-state index contributed by atoms with van der Waals surface area (Å²) in [7, 11) is 0. The monoisotopic (exact) mass is 461 g/mol. The van der Waals surface area contributed by atoms with E-state index >= 15 is 0 Å². The number of nitrogens with one attached hydrogen (secondary N) is 1. The van der Waals surface area contributed by atoms with Gasteiger partial charge < -0.3 is 10.1 Å². The lowest BCUT2D eigenvalue weighted by atomic mass is 9.97. The SMILES string of the molecule is CC/C=C(/C=Nc1cc(C)ccc1C)C(=O)NCCN(CC)C(C)(C)COCC(C)(C)CF. The molecule has 0 heterocycles. The third kappa shape index (κ3) is 10.2. The molecule has 0 atom stereocenters. The van der Waals surface area contributed by atoms with Crippen molar-refractivity contribution < 1.29 is 13.9 Å². The van der Waals surface area contributed by atoms with E-state index in [2.05, 4.69) is 42.0 Å². The van der Waals surface area contributed by atoms with E-state index < -0.39 is 12.1 Å². The third-order valence-electron chi connectivity index (χ3n) is 5.61. The lowest BCUT2D eigenvalue weighted by Crippen LogP contribution is -2.50. The first kappa shape index (κ1) is 29.0. The number of hydrogen-bond acceptors (Lipinski definition) is 4. The van der Waals surface area contributed by atoms with Gasteiger partial charge in [-0.25, -0.2) is 0 Å². The summed E-state index contributed by atoms with van der Waals surface area (Å²) in [4.78, 5) is 19.6. The van der Waals surface area contributed by atoms with Crippen LogP contribution in [0.2, 0.25) is 0 Å². The molecule has 186 valence electrons. The Morgan fingerprint density at radius 1 is 1.18 bits per heavy atom. The topological polar surface area (TPSA) is 53.9 Å². The average Bonchev–Trinajstić information content (AvgIpc) is 2.75. The number of alkyl halides is 1. The summed E-state index contributed by atoms with van der Waals surface area (Å²) in [6.45, 7) is 18.6. The van der Waals surface area contributed by atoms with E-state index in [1.54, 1.807) is 6.21 Å². The number of ether oxygens (including phenoxy) is 1. The van der Waals surface area contributed by atoms with Crippen molar-refractivity contribution in [1.82, 2.24) is 10.2 Å². The van der Waals surface area contributed by atoms with Crippen LogP contribution in [-0.2, 0) is 9.53 Å². The van der Waals surface area contributed by atoms with Crippen LogP contribution in [0.3, 0.4) is 0 Å². The Balaban J connectivity index is 2.68. The molecule has 0 aliphatic rings. The molecule has 0 saturated carbocycles. The second kappa shape index (κ2) is 13.6. The van der Waals surface area contributed by atoms with Gasteiger partial charge in [0.2, 0.25) is 0 Å². The molecule has 0 spiro atoms. The fraction of sp³-hybridized carbons (Fsp3) is 0.630. The van der Waals surface area contributed by atoms with Crippen LogP contribution in [0.1, 0.15) is 59.1 Å². The lowest BCUT2D eigenvalue weighted by Gasteiger charge is -2.38. The summed E-state index contributed by atoms with van der Waals surface area (Å²) < 4.78 is 18.9. The molecule has 33 heavy (non-hydrogen) atoms. The highest BCUT2D eigenvalue weighted by Gasteiger charge is 2.27. The van der Waals surface area contributed by atoms with Crippen molar-refractivity contribution in [1.29, 1.82) is 0 Å². The van der Waals surface area contributed by atoms with Crippen LogP contribution >= 0.6 is 0 Å². The lowest BCUT2D eigenvalue weighted by molar-refractivity contribution is -0.117. The number of halogens is 1. The summed E-state index contributed by atoms with van der Waals surface area (Å²) in [5.41, 5.74) is 2.96. The molecule has 1 aromatic rings. The smallest absolute Gasteiger partial charge is 0.252 e. The Morgan fingerprint density at radius 3 is 2.48 bits per heavy atom. The maximum absolute atomic E-state index is 13.0. The predicted octanol–water partition coefficient (Wildman–Crippen LogP) is 5.57. The number of hydrogen-bond donors (Lipinski definition) is 1. The Hall–Kier alpha value is -2.05. The second-order valence-corrected chi connectivity index (χ2v) is 10.1. The molecule has 1 aromatic carbocycles. The number of carbonyl (C=O) groups excluding carboxylic acids is 1. The number of rotatable bonds is 14. The Kier molecular flexibility index (Phi) is 12.0. The maximum Gasteiger partial charge on any atom is 0.252 e. The molecule has 1 rings (SSSR count). The summed E-state index contributed by atoms with van der Waals surface area (Å²) in [5.74, 6) is -0.124. The Morgan fingerprint density at radius 2 is 1.88 bits per heavy atom. The van der Waals surface area contributed by atoms with Crippen molar-refractivity contribution in [3.05, 3.63) is 41.0 Å². The van der Waals surface area contributed by atoms with Gasteiger partial charge in [-0.05, 0) is 57.9 Å². The number of aryl methyl sites for hydroxylation is 2. The summed E-state index contributed by atoms with van der Waals surface area (Å²) >= 11 is 0. The minimum atomic E-state index is -0.471. The third-order valence-corrected chi connectivity index (χ3v) is 5.61. The first-order valence-corrected chi connectivity index (χ1v) is 11.9. The van der Waals surface area contributed by atoms with E-state index in [0.717, 1.165) is 29.8 Å². The fourth-order valence-electron chi connectivity index (χ4n) is 3.42. The Labute approximate surface area is 200 Å². The molecule has 0 unspecified atom stereocenters. The first-order chi connectivity index (χ1) is 15.5. The maximum atomic E-state index is 13.0. The van der Waals surface area contributed by atoms with Gasteiger partial charge >= 0.3 is 0 Å². The Bertz CT molecular complexity index is 816. The second-order valence-electron chi connectivity index (χ2n) is 10.1. The highest BCUT2D eigenvalue weighted by Crippen LogP contribution is 2.20. The number of benzene rings is 1. The summed E-state index contributed by atoms with van der Waals surface area (Å²) in [6, 6.07) is 6.11. The number of carbonyl (C=O) groups is 1. The van der Waals surface area contributed by atoms with Crippen molar-refractivity contribution in [2.45, 2.75) is 67.3 Å². The van der Waals surface area contributed by atoms with Crippen molar-refractivity contribution in [3.63, 3.8) is 0 Å². The van der Waals surface area contributed by atoms with E-state index in [9.17, 15) is 9.18 Å². The van der Waals surface area contributed by atoms with Gasteiger partial charge in [-0.1, -0.05) is 45.9 Å². The molecule has 6 heteroatoms. The largest absolute Gasteiger partial charge is 0.379 e. The summed E-state index contributed by atoms with van der Waals surface area (Å²) in [6.07, 6.45) is 4.30.